The van der Waals surface area contributed by atoms with Crippen LogP contribution in [0, 0.1) is 5.82 Å². The molecule has 8 heteroatoms. The summed E-state index contributed by atoms with van der Waals surface area (Å²) >= 11 is 3.14. The predicted octanol–water partition coefficient (Wildman–Crippen LogP) is 1.01. The maximum atomic E-state index is 13.4. The van der Waals surface area contributed by atoms with Gasteiger partial charge in [0.1, 0.15) is 11.4 Å². The lowest BCUT2D eigenvalue weighted by atomic mass is 9.99. The van der Waals surface area contributed by atoms with Crippen molar-refractivity contribution in [2.45, 2.75) is 12.0 Å². The minimum Gasteiger partial charge on any atom is -0.336 e. The molecule has 2 fully saturated rings. The highest BCUT2D eigenvalue weighted by Crippen LogP contribution is 2.26. The van der Waals surface area contributed by atoms with Crippen LogP contribution in [0.2, 0.25) is 0 Å². The van der Waals surface area contributed by atoms with Crippen LogP contribution in [0.25, 0.3) is 0 Å². The van der Waals surface area contributed by atoms with E-state index in [4.69, 9.17) is 0 Å². The van der Waals surface area contributed by atoms with Crippen LogP contribution in [0.4, 0.5) is 9.18 Å². The van der Waals surface area contributed by atoms with Crippen LogP contribution in [0.3, 0.4) is 0 Å². The van der Waals surface area contributed by atoms with E-state index in [1.807, 2.05) is 0 Å². The largest absolute Gasteiger partial charge is 0.336 e. The van der Waals surface area contributed by atoms with E-state index in [-0.39, 0.29) is 18.0 Å². The lowest BCUT2D eigenvalue weighted by Gasteiger charge is -2.21. The second-order valence-corrected chi connectivity index (χ2v) is 6.04. The smallest absolute Gasteiger partial charge is 0.322 e. The standard InChI is InChI=1S/C13H11BrFN3O3/c14-8-3-7(4-9(15)5-8)10(19)18-2-1-13(6-18)11(20)16-12(21)17-13/h3-5H,1-2,6H2,(H2,16,17,20,21). The number of carbonyl (C=O) groups excluding carboxylic acids is 3. The number of halogens is 2. The first-order chi connectivity index (χ1) is 9.89. The van der Waals surface area contributed by atoms with Crippen molar-refractivity contribution in [2.75, 3.05) is 13.1 Å². The van der Waals surface area contributed by atoms with E-state index in [1.54, 1.807) is 0 Å². The summed E-state index contributed by atoms with van der Waals surface area (Å²) in [6.45, 7) is 0.401. The highest BCUT2D eigenvalue weighted by Gasteiger charge is 2.51. The van der Waals surface area contributed by atoms with Crippen molar-refractivity contribution in [3.8, 4) is 0 Å². The van der Waals surface area contributed by atoms with Crippen LogP contribution in [0.1, 0.15) is 16.8 Å². The fraction of sp³-hybridized carbons (Fsp3) is 0.308. The molecule has 4 amide bonds. The van der Waals surface area contributed by atoms with Gasteiger partial charge in [0.25, 0.3) is 11.8 Å². The SMILES string of the molecule is O=C1NC(=O)C2(CCN(C(=O)c3cc(F)cc(Br)c3)C2)N1. The van der Waals surface area contributed by atoms with E-state index < -0.39 is 23.3 Å². The molecule has 2 heterocycles. The maximum Gasteiger partial charge on any atom is 0.322 e. The molecule has 1 unspecified atom stereocenters. The van der Waals surface area contributed by atoms with Gasteiger partial charge in [-0.1, -0.05) is 15.9 Å². The summed E-state index contributed by atoms with van der Waals surface area (Å²) in [5.41, 5.74) is -0.860. The number of nitrogens with zero attached hydrogens (tertiary/aromatic N) is 1. The minimum absolute atomic E-state index is 0.0809. The molecular formula is C13H11BrFN3O3. The molecule has 0 saturated carbocycles. The molecule has 1 aromatic carbocycles. The van der Waals surface area contributed by atoms with Crippen LogP contribution in [-0.2, 0) is 4.79 Å². The summed E-state index contributed by atoms with van der Waals surface area (Å²) in [4.78, 5) is 36.9. The number of benzene rings is 1. The fourth-order valence-corrected chi connectivity index (χ4v) is 3.12. The van der Waals surface area contributed by atoms with E-state index in [1.165, 1.54) is 17.0 Å². The number of nitrogens with one attached hydrogen (secondary N) is 2. The van der Waals surface area contributed by atoms with Gasteiger partial charge in [-0.25, -0.2) is 9.18 Å². The zero-order valence-electron chi connectivity index (χ0n) is 10.8. The Bertz CT molecular complexity index is 646. The van der Waals surface area contributed by atoms with Gasteiger partial charge in [0.15, 0.2) is 0 Å². The number of hydrogen-bond acceptors (Lipinski definition) is 3. The van der Waals surface area contributed by atoms with E-state index in [0.29, 0.717) is 17.4 Å². The molecule has 110 valence electrons. The number of imide groups is 1. The first-order valence-corrected chi connectivity index (χ1v) is 7.08. The fourth-order valence-electron chi connectivity index (χ4n) is 2.66. The lowest BCUT2D eigenvalue weighted by molar-refractivity contribution is -0.123. The minimum atomic E-state index is -1.06. The van der Waals surface area contributed by atoms with Crippen molar-refractivity contribution < 1.29 is 18.8 Å². The van der Waals surface area contributed by atoms with E-state index in [0.717, 1.165) is 6.07 Å². The Morgan fingerprint density at radius 2 is 2.10 bits per heavy atom. The summed E-state index contributed by atoms with van der Waals surface area (Å²) < 4.78 is 13.8. The van der Waals surface area contributed by atoms with Gasteiger partial charge in [0.2, 0.25) is 0 Å². The Morgan fingerprint density at radius 3 is 2.71 bits per heavy atom. The molecule has 1 aromatic rings. The normalized spacial score (nSPS) is 24.4. The lowest BCUT2D eigenvalue weighted by Crippen LogP contribution is -2.49. The monoisotopic (exact) mass is 355 g/mol. The highest BCUT2D eigenvalue weighted by atomic mass is 79.9. The quantitative estimate of drug-likeness (QED) is 0.738. The topological polar surface area (TPSA) is 78.5 Å². The Morgan fingerprint density at radius 1 is 1.33 bits per heavy atom. The second-order valence-electron chi connectivity index (χ2n) is 5.13. The molecule has 0 aliphatic carbocycles. The highest BCUT2D eigenvalue weighted by molar-refractivity contribution is 9.10. The van der Waals surface area contributed by atoms with Gasteiger partial charge in [-0.2, -0.15) is 0 Å². The van der Waals surface area contributed by atoms with E-state index in [9.17, 15) is 18.8 Å². The van der Waals surface area contributed by atoms with Gasteiger partial charge in [-0.3, -0.25) is 14.9 Å². The third-order valence-electron chi connectivity index (χ3n) is 3.68. The van der Waals surface area contributed by atoms with Crippen molar-refractivity contribution in [3.63, 3.8) is 0 Å². The number of amides is 4. The Labute approximate surface area is 127 Å². The van der Waals surface area contributed by atoms with Crippen LogP contribution >= 0.6 is 15.9 Å². The first-order valence-electron chi connectivity index (χ1n) is 6.29. The number of rotatable bonds is 1. The van der Waals surface area contributed by atoms with Crippen molar-refractivity contribution in [1.82, 2.24) is 15.5 Å². The number of urea groups is 1. The molecular weight excluding hydrogens is 345 g/mol. The Balaban J connectivity index is 1.81. The predicted molar refractivity (Wildman–Crippen MR) is 74.0 cm³/mol. The van der Waals surface area contributed by atoms with Crippen molar-refractivity contribution >= 4 is 33.8 Å². The van der Waals surface area contributed by atoms with E-state index in [2.05, 4.69) is 26.6 Å². The van der Waals surface area contributed by atoms with Crippen LogP contribution < -0.4 is 10.6 Å². The summed E-state index contributed by atoms with van der Waals surface area (Å²) in [6.07, 6.45) is 0.340. The van der Waals surface area contributed by atoms with Crippen molar-refractivity contribution in [2.24, 2.45) is 0 Å². The molecule has 21 heavy (non-hydrogen) atoms. The molecule has 0 bridgehead atoms. The van der Waals surface area contributed by atoms with Gasteiger partial charge in [-0.05, 0) is 24.6 Å². The molecule has 3 rings (SSSR count). The number of hydrogen-bond donors (Lipinski definition) is 2. The van der Waals surface area contributed by atoms with Gasteiger partial charge in [0, 0.05) is 16.6 Å². The summed E-state index contributed by atoms with van der Waals surface area (Å²) in [6, 6.07) is 3.37. The molecule has 0 aromatic heterocycles. The molecule has 2 aliphatic heterocycles. The van der Waals surface area contributed by atoms with Crippen LogP contribution in [0.15, 0.2) is 22.7 Å². The average Bonchev–Trinajstić information content (AvgIpc) is 2.93. The zero-order chi connectivity index (χ0) is 15.2. The summed E-state index contributed by atoms with van der Waals surface area (Å²) in [5.74, 6) is -1.32. The average molecular weight is 356 g/mol. The third-order valence-corrected chi connectivity index (χ3v) is 4.14. The van der Waals surface area contributed by atoms with Crippen molar-refractivity contribution in [3.05, 3.63) is 34.1 Å². The first kappa shape index (κ1) is 14.0. The number of likely N-dealkylation sites (tertiary alicyclic amines) is 1. The molecule has 0 radical (unpaired) electrons. The van der Waals surface area contributed by atoms with Gasteiger partial charge in [0.05, 0.1) is 6.54 Å². The van der Waals surface area contributed by atoms with Gasteiger partial charge >= 0.3 is 6.03 Å². The maximum absolute atomic E-state index is 13.4. The molecule has 1 spiro atoms. The molecule has 2 N–H and O–H groups in total. The van der Waals surface area contributed by atoms with Crippen molar-refractivity contribution in [1.29, 1.82) is 0 Å². The number of carbonyl (C=O) groups is 3. The Kier molecular flexibility index (Phi) is 3.20. The third kappa shape index (κ3) is 2.39. The molecule has 1 atom stereocenters. The molecule has 6 nitrogen and oxygen atoms in total. The summed E-state index contributed by atoms with van der Waals surface area (Å²) in [5, 5.41) is 4.73. The van der Waals surface area contributed by atoms with Gasteiger partial charge in [-0.15, -0.1) is 0 Å². The zero-order valence-corrected chi connectivity index (χ0v) is 12.4. The second kappa shape index (κ2) is 4.80. The van der Waals surface area contributed by atoms with Crippen LogP contribution in [0.5, 0.6) is 0 Å². The van der Waals surface area contributed by atoms with Crippen LogP contribution in [-0.4, -0.2) is 41.4 Å². The molecule has 2 aliphatic rings. The molecule has 2 saturated heterocycles. The summed E-state index contributed by atoms with van der Waals surface area (Å²) in [7, 11) is 0. The van der Waals surface area contributed by atoms with E-state index >= 15 is 0 Å². The Hall–Kier alpha value is -1.96. The van der Waals surface area contributed by atoms with Gasteiger partial charge < -0.3 is 10.2 Å².